The van der Waals surface area contributed by atoms with Gasteiger partial charge in [0.2, 0.25) is 11.9 Å². The number of nitrogens with one attached hydrogen (secondary N) is 1. The van der Waals surface area contributed by atoms with Gasteiger partial charge in [0, 0.05) is 38.4 Å². The number of rotatable bonds is 4. The van der Waals surface area contributed by atoms with Gasteiger partial charge in [0.25, 0.3) is 0 Å². The van der Waals surface area contributed by atoms with E-state index in [-0.39, 0.29) is 11.3 Å². The first-order valence-corrected chi connectivity index (χ1v) is 7.73. The van der Waals surface area contributed by atoms with Crippen molar-refractivity contribution in [2.24, 2.45) is 11.3 Å². The Bertz CT molecular complexity index is 447. The standard InChI is InChI=1S/C16H26N4O/c1-16(2,3)11-14(21)19-12-13-5-9-20(10-6-13)15-17-7-4-8-18-15/h4,7-8,13H,5-6,9-12H2,1-3H3,(H,19,21). The van der Waals surface area contributed by atoms with E-state index in [0.29, 0.717) is 12.3 Å². The van der Waals surface area contributed by atoms with E-state index in [9.17, 15) is 4.79 Å². The Hall–Kier alpha value is -1.65. The lowest BCUT2D eigenvalue weighted by molar-refractivity contribution is -0.123. The number of carbonyl (C=O) groups excluding carboxylic acids is 1. The van der Waals surface area contributed by atoms with E-state index in [1.54, 1.807) is 12.4 Å². The molecule has 2 rings (SSSR count). The molecule has 5 nitrogen and oxygen atoms in total. The Kier molecular flexibility index (Phi) is 5.15. The fraction of sp³-hybridized carbons (Fsp3) is 0.688. The first-order valence-electron chi connectivity index (χ1n) is 7.73. The molecule has 1 amide bonds. The van der Waals surface area contributed by atoms with Crippen LogP contribution in [0.1, 0.15) is 40.0 Å². The third-order valence-corrected chi connectivity index (χ3v) is 3.73. The summed E-state index contributed by atoms with van der Waals surface area (Å²) in [7, 11) is 0. The average molecular weight is 290 g/mol. The van der Waals surface area contributed by atoms with Crippen LogP contribution in [0.5, 0.6) is 0 Å². The summed E-state index contributed by atoms with van der Waals surface area (Å²) in [6.07, 6.45) is 6.30. The van der Waals surface area contributed by atoms with Crippen LogP contribution in [-0.4, -0.2) is 35.5 Å². The Morgan fingerprint density at radius 1 is 1.29 bits per heavy atom. The molecule has 0 aromatic carbocycles. The molecule has 0 radical (unpaired) electrons. The summed E-state index contributed by atoms with van der Waals surface area (Å²) < 4.78 is 0. The molecular formula is C16H26N4O. The predicted molar refractivity (Wildman–Crippen MR) is 84.1 cm³/mol. The summed E-state index contributed by atoms with van der Waals surface area (Å²) in [6, 6.07) is 1.83. The Morgan fingerprint density at radius 2 is 1.90 bits per heavy atom. The number of anilines is 1. The minimum Gasteiger partial charge on any atom is -0.356 e. The second-order valence-corrected chi connectivity index (χ2v) is 7.02. The van der Waals surface area contributed by atoms with Crippen LogP contribution in [0.25, 0.3) is 0 Å². The number of nitrogens with zero attached hydrogens (tertiary/aromatic N) is 3. The highest BCUT2D eigenvalue weighted by Gasteiger charge is 2.22. The lowest BCUT2D eigenvalue weighted by atomic mass is 9.91. The molecule has 0 bridgehead atoms. The summed E-state index contributed by atoms with van der Waals surface area (Å²) >= 11 is 0. The topological polar surface area (TPSA) is 58.1 Å². The Balaban J connectivity index is 1.71. The van der Waals surface area contributed by atoms with Gasteiger partial charge < -0.3 is 10.2 Å². The molecule has 1 aromatic rings. The van der Waals surface area contributed by atoms with Crippen molar-refractivity contribution in [2.45, 2.75) is 40.0 Å². The molecule has 0 spiro atoms. The van der Waals surface area contributed by atoms with Crippen molar-refractivity contribution >= 4 is 11.9 Å². The average Bonchev–Trinajstić information content (AvgIpc) is 2.45. The first kappa shape index (κ1) is 15.7. The van der Waals surface area contributed by atoms with E-state index in [0.717, 1.165) is 38.4 Å². The summed E-state index contributed by atoms with van der Waals surface area (Å²) in [4.78, 5) is 22.6. The molecular weight excluding hydrogens is 264 g/mol. The van der Waals surface area contributed by atoms with Gasteiger partial charge in [0.05, 0.1) is 0 Å². The Labute approximate surface area is 127 Å². The van der Waals surface area contributed by atoms with Gasteiger partial charge in [0.15, 0.2) is 0 Å². The largest absolute Gasteiger partial charge is 0.356 e. The molecule has 1 aliphatic rings. The van der Waals surface area contributed by atoms with Crippen LogP contribution in [0.3, 0.4) is 0 Å². The summed E-state index contributed by atoms with van der Waals surface area (Å²) in [5, 5.41) is 3.07. The van der Waals surface area contributed by atoms with E-state index in [4.69, 9.17) is 0 Å². The minimum absolute atomic E-state index is 0.0537. The molecule has 1 N–H and O–H groups in total. The lowest BCUT2D eigenvalue weighted by Crippen LogP contribution is -2.39. The molecule has 0 saturated carbocycles. The van der Waals surface area contributed by atoms with Gasteiger partial charge in [-0.05, 0) is 30.2 Å². The molecule has 21 heavy (non-hydrogen) atoms. The van der Waals surface area contributed by atoms with Gasteiger partial charge in [-0.1, -0.05) is 20.8 Å². The van der Waals surface area contributed by atoms with E-state index in [2.05, 4.69) is 41.0 Å². The number of hydrogen-bond donors (Lipinski definition) is 1. The lowest BCUT2D eigenvalue weighted by Gasteiger charge is -2.32. The number of hydrogen-bond acceptors (Lipinski definition) is 4. The van der Waals surface area contributed by atoms with Crippen LogP contribution in [0.15, 0.2) is 18.5 Å². The van der Waals surface area contributed by atoms with Gasteiger partial charge in [-0.15, -0.1) is 0 Å². The Morgan fingerprint density at radius 3 is 2.48 bits per heavy atom. The van der Waals surface area contributed by atoms with Crippen LogP contribution in [0.4, 0.5) is 5.95 Å². The second kappa shape index (κ2) is 6.87. The van der Waals surface area contributed by atoms with Crippen molar-refractivity contribution in [3.63, 3.8) is 0 Å². The molecule has 116 valence electrons. The number of carbonyl (C=O) groups is 1. The monoisotopic (exact) mass is 290 g/mol. The highest BCUT2D eigenvalue weighted by atomic mass is 16.1. The zero-order valence-corrected chi connectivity index (χ0v) is 13.3. The van der Waals surface area contributed by atoms with E-state index >= 15 is 0 Å². The maximum absolute atomic E-state index is 11.8. The number of aromatic nitrogens is 2. The molecule has 5 heteroatoms. The van der Waals surface area contributed by atoms with Crippen LogP contribution in [-0.2, 0) is 4.79 Å². The fourth-order valence-electron chi connectivity index (χ4n) is 2.59. The van der Waals surface area contributed by atoms with E-state index in [1.165, 1.54) is 0 Å². The molecule has 1 fully saturated rings. The van der Waals surface area contributed by atoms with Crippen molar-refractivity contribution in [2.75, 3.05) is 24.5 Å². The maximum Gasteiger partial charge on any atom is 0.225 e. The van der Waals surface area contributed by atoms with Crippen LogP contribution >= 0.6 is 0 Å². The molecule has 1 saturated heterocycles. The molecule has 1 aliphatic heterocycles. The zero-order chi connectivity index (χ0) is 15.3. The van der Waals surface area contributed by atoms with Crippen LogP contribution in [0.2, 0.25) is 0 Å². The molecule has 2 heterocycles. The smallest absolute Gasteiger partial charge is 0.225 e. The van der Waals surface area contributed by atoms with Crippen molar-refractivity contribution in [1.82, 2.24) is 15.3 Å². The maximum atomic E-state index is 11.8. The molecule has 0 aliphatic carbocycles. The SMILES string of the molecule is CC(C)(C)CC(=O)NCC1CCN(c2ncccn2)CC1. The number of amides is 1. The van der Waals surface area contributed by atoms with Gasteiger partial charge in [0.1, 0.15) is 0 Å². The molecule has 1 aromatic heterocycles. The minimum atomic E-state index is 0.0537. The van der Waals surface area contributed by atoms with Crippen molar-refractivity contribution in [3.05, 3.63) is 18.5 Å². The van der Waals surface area contributed by atoms with Gasteiger partial charge in [-0.3, -0.25) is 4.79 Å². The summed E-state index contributed by atoms with van der Waals surface area (Å²) in [5.74, 6) is 1.54. The zero-order valence-electron chi connectivity index (χ0n) is 13.3. The van der Waals surface area contributed by atoms with Crippen molar-refractivity contribution in [1.29, 1.82) is 0 Å². The summed E-state index contributed by atoms with van der Waals surface area (Å²) in [6.45, 7) is 8.98. The van der Waals surface area contributed by atoms with Crippen LogP contribution < -0.4 is 10.2 Å². The van der Waals surface area contributed by atoms with Crippen molar-refractivity contribution in [3.8, 4) is 0 Å². The fourth-order valence-corrected chi connectivity index (χ4v) is 2.59. The first-order chi connectivity index (χ1) is 9.94. The third kappa shape index (κ3) is 5.33. The highest BCUT2D eigenvalue weighted by molar-refractivity contribution is 5.76. The quantitative estimate of drug-likeness (QED) is 0.924. The predicted octanol–water partition coefficient (Wildman–Crippen LogP) is 2.25. The third-order valence-electron chi connectivity index (χ3n) is 3.73. The van der Waals surface area contributed by atoms with Gasteiger partial charge in [-0.25, -0.2) is 9.97 Å². The molecule has 0 unspecified atom stereocenters. The van der Waals surface area contributed by atoms with Crippen molar-refractivity contribution < 1.29 is 4.79 Å². The highest BCUT2D eigenvalue weighted by Crippen LogP contribution is 2.21. The van der Waals surface area contributed by atoms with E-state index in [1.807, 2.05) is 6.07 Å². The van der Waals surface area contributed by atoms with Crippen LogP contribution in [0, 0.1) is 11.3 Å². The van der Waals surface area contributed by atoms with E-state index < -0.39 is 0 Å². The normalized spacial score (nSPS) is 16.8. The number of piperidine rings is 1. The second-order valence-electron chi connectivity index (χ2n) is 7.02. The molecule has 0 atom stereocenters. The van der Waals surface area contributed by atoms with Gasteiger partial charge in [-0.2, -0.15) is 0 Å². The summed E-state index contributed by atoms with van der Waals surface area (Å²) in [5.41, 5.74) is 0.0537. The van der Waals surface area contributed by atoms with Gasteiger partial charge >= 0.3 is 0 Å².